The third kappa shape index (κ3) is 2.18. The maximum Gasteiger partial charge on any atom is 0.346 e. The zero-order chi connectivity index (χ0) is 11.8. The molecule has 0 aromatic carbocycles. The molecular formula is C13H16O3S. The molecule has 3 unspecified atom stereocenters. The van der Waals surface area contributed by atoms with Gasteiger partial charge in [-0.2, -0.15) is 0 Å². The molecule has 2 fully saturated rings. The first-order valence-electron chi connectivity index (χ1n) is 6.17. The molecular weight excluding hydrogens is 236 g/mol. The third-order valence-corrected chi connectivity index (χ3v) is 5.03. The van der Waals surface area contributed by atoms with Crippen LogP contribution in [0.4, 0.5) is 0 Å². The van der Waals surface area contributed by atoms with Crippen molar-refractivity contribution in [2.24, 2.45) is 17.8 Å². The Kier molecular flexibility index (Phi) is 2.82. The van der Waals surface area contributed by atoms with Gasteiger partial charge in [0, 0.05) is 11.4 Å². The van der Waals surface area contributed by atoms with Crippen LogP contribution in [0.1, 0.15) is 35.4 Å². The minimum absolute atomic E-state index is 0.355. The van der Waals surface area contributed by atoms with E-state index in [9.17, 15) is 4.79 Å². The van der Waals surface area contributed by atoms with Gasteiger partial charge in [0.1, 0.15) is 10.6 Å². The Morgan fingerprint density at radius 3 is 2.94 bits per heavy atom. The predicted molar refractivity (Wildman–Crippen MR) is 65.7 cm³/mol. The van der Waals surface area contributed by atoms with Gasteiger partial charge in [-0.15, -0.1) is 11.3 Å². The summed E-state index contributed by atoms with van der Waals surface area (Å²) in [5.41, 5.74) is 0. The van der Waals surface area contributed by atoms with Gasteiger partial charge in [-0.05, 0) is 37.0 Å². The van der Waals surface area contributed by atoms with E-state index in [-0.39, 0.29) is 0 Å². The Balaban J connectivity index is 1.55. The number of hydrogen-bond acceptors (Lipinski definition) is 3. The number of rotatable bonds is 4. The maximum atomic E-state index is 10.7. The van der Waals surface area contributed by atoms with Gasteiger partial charge < -0.3 is 9.84 Å². The Labute approximate surface area is 104 Å². The highest BCUT2D eigenvalue weighted by molar-refractivity contribution is 7.12. The van der Waals surface area contributed by atoms with E-state index in [2.05, 4.69) is 0 Å². The first-order valence-corrected chi connectivity index (χ1v) is 7.05. The van der Waals surface area contributed by atoms with Gasteiger partial charge in [0.05, 0.1) is 6.61 Å². The van der Waals surface area contributed by atoms with Crippen LogP contribution in [0.3, 0.4) is 0 Å². The maximum absolute atomic E-state index is 10.7. The molecule has 3 rings (SSSR count). The van der Waals surface area contributed by atoms with Crippen molar-refractivity contribution >= 4 is 17.3 Å². The van der Waals surface area contributed by atoms with Gasteiger partial charge in [0.2, 0.25) is 0 Å². The Hall–Kier alpha value is -1.03. The van der Waals surface area contributed by atoms with E-state index in [0.29, 0.717) is 10.8 Å². The second kappa shape index (κ2) is 4.33. The minimum Gasteiger partial charge on any atom is -0.492 e. The Morgan fingerprint density at radius 1 is 1.47 bits per heavy atom. The number of carboxylic acids is 1. The van der Waals surface area contributed by atoms with Crippen molar-refractivity contribution in [2.75, 3.05) is 6.61 Å². The molecule has 1 aromatic rings. The zero-order valence-corrected chi connectivity index (χ0v) is 10.4. The fourth-order valence-electron chi connectivity index (χ4n) is 3.29. The van der Waals surface area contributed by atoms with Gasteiger partial charge in [-0.3, -0.25) is 0 Å². The van der Waals surface area contributed by atoms with E-state index in [4.69, 9.17) is 9.84 Å². The molecule has 2 aliphatic carbocycles. The third-order valence-electron chi connectivity index (χ3n) is 4.13. The van der Waals surface area contributed by atoms with Crippen LogP contribution in [0.2, 0.25) is 0 Å². The number of fused-ring (bicyclic) bond motifs is 2. The summed E-state index contributed by atoms with van der Waals surface area (Å²) in [5, 5.41) is 10.6. The highest BCUT2D eigenvalue weighted by atomic mass is 32.1. The average molecular weight is 252 g/mol. The van der Waals surface area contributed by atoms with Crippen LogP contribution in [0.5, 0.6) is 5.75 Å². The van der Waals surface area contributed by atoms with Gasteiger partial charge >= 0.3 is 5.97 Å². The molecule has 17 heavy (non-hydrogen) atoms. The van der Waals surface area contributed by atoms with Crippen LogP contribution in [0.15, 0.2) is 11.4 Å². The van der Waals surface area contributed by atoms with Crippen molar-refractivity contribution < 1.29 is 14.6 Å². The number of thiophene rings is 1. The number of hydrogen-bond donors (Lipinski definition) is 1. The van der Waals surface area contributed by atoms with Crippen molar-refractivity contribution in [1.29, 1.82) is 0 Å². The summed E-state index contributed by atoms with van der Waals surface area (Å²) in [6.07, 6.45) is 5.46. The molecule has 1 aromatic heterocycles. The molecule has 2 bridgehead atoms. The number of carbonyl (C=O) groups is 1. The molecule has 1 N–H and O–H groups in total. The van der Waals surface area contributed by atoms with Crippen molar-refractivity contribution in [1.82, 2.24) is 0 Å². The molecule has 0 saturated heterocycles. The second-order valence-electron chi connectivity index (χ2n) is 5.20. The first-order chi connectivity index (χ1) is 8.22. The first kappa shape index (κ1) is 11.1. The molecule has 0 aliphatic heterocycles. The van der Waals surface area contributed by atoms with Crippen molar-refractivity contribution in [3.05, 3.63) is 16.3 Å². The van der Waals surface area contributed by atoms with E-state index >= 15 is 0 Å². The van der Waals surface area contributed by atoms with E-state index in [1.165, 1.54) is 37.0 Å². The van der Waals surface area contributed by atoms with Crippen LogP contribution in [0, 0.1) is 17.8 Å². The van der Waals surface area contributed by atoms with Gasteiger partial charge in [0.25, 0.3) is 0 Å². The van der Waals surface area contributed by atoms with Crippen molar-refractivity contribution in [3.8, 4) is 5.75 Å². The molecule has 4 heteroatoms. The predicted octanol–water partition coefficient (Wildman–Crippen LogP) is 3.26. The van der Waals surface area contributed by atoms with E-state index < -0.39 is 5.97 Å². The molecule has 0 amide bonds. The molecule has 1 heterocycles. The average Bonchev–Trinajstić information content (AvgIpc) is 3.02. The van der Waals surface area contributed by atoms with Crippen molar-refractivity contribution in [2.45, 2.75) is 25.7 Å². The lowest BCUT2D eigenvalue weighted by molar-refractivity contribution is 0.0701. The van der Waals surface area contributed by atoms with Crippen LogP contribution in [0.25, 0.3) is 0 Å². The molecule has 0 spiro atoms. The monoisotopic (exact) mass is 252 g/mol. The molecule has 92 valence electrons. The molecule has 2 aliphatic rings. The lowest BCUT2D eigenvalue weighted by Crippen LogP contribution is -2.18. The summed E-state index contributed by atoms with van der Waals surface area (Å²) >= 11 is 1.23. The topological polar surface area (TPSA) is 46.5 Å². The standard InChI is InChI=1S/C13H16O3S/c14-13(15)12-5-11(7-17-12)16-6-10-4-8-1-2-9(10)3-8/h5,7-10H,1-4,6H2,(H,14,15). The lowest BCUT2D eigenvalue weighted by atomic mass is 9.90. The molecule has 3 nitrogen and oxygen atoms in total. The van der Waals surface area contributed by atoms with Crippen LogP contribution in [-0.2, 0) is 0 Å². The molecule has 0 radical (unpaired) electrons. The fraction of sp³-hybridized carbons (Fsp3) is 0.615. The SMILES string of the molecule is O=C(O)c1cc(OCC2CC3CCC2C3)cs1. The smallest absolute Gasteiger partial charge is 0.346 e. The number of carboxylic acid groups (broad SMARTS) is 1. The Bertz CT molecular complexity index is 426. The summed E-state index contributed by atoms with van der Waals surface area (Å²) < 4.78 is 5.72. The van der Waals surface area contributed by atoms with E-state index in [0.717, 1.165) is 24.2 Å². The quantitative estimate of drug-likeness (QED) is 0.894. The number of aromatic carboxylic acids is 1. The summed E-state index contributed by atoms with van der Waals surface area (Å²) in [7, 11) is 0. The van der Waals surface area contributed by atoms with Gasteiger partial charge in [0.15, 0.2) is 0 Å². The normalized spacial score (nSPS) is 30.7. The lowest BCUT2D eigenvalue weighted by Gasteiger charge is -2.21. The minimum atomic E-state index is -0.871. The highest BCUT2D eigenvalue weighted by Gasteiger charge is 2.39. The van der Waals surface area contributed by atoms with Gasteiger partial charge in [-0.1, -0.05) is 6.42 Å². The van der Waals surface area contributed by atoms with Crippen LogP contribution in [-0.4, -0.2) is 17.7 Å². The zero-order valence-electron chi connectivity index (χ0n) is 9.59. The summed E-state index contributed by atoms with van der Waals surface area (Å²) in [6, 6.07) is 1.63. The van der Waals surface area contributed by atoms with Crippen LogP contribution >= 0.6 is 11.3 Å². The molecule has 2 saturated carbocycles. The summed E-state index contributed by atoms with van der Waals surface area (Å²) in [5.74, 6) is 2.34. The Morgan fingerprint density at radius 2 is 2.35 bits per heavy atom. The summed E-state index contributed by atoms with van der Waals surface area (Å²) in [6.45, 7) is 0.761. The van der Waals surface area contributed by atoms with E-state index in [1.807, 2.05) is 0 Å². The highest BCUT2D eigenvalue weighted by Crippen LogP contribution is 2.48. The van der Waals surface area contributed by atoms with E-state index in [1.54, 1.807) is 11.4 Å². The summed E-state index contributed by atoms with van der Waals surface area (Å²) in [4.78, 5) is 11.1. The van der Waals surface area contributed by atoms with Crippen LogP contribution < -0.4 is 4.74 Å². The second-order valence-corrected chi connectivity index (χ2v) is 6.11. The fourth-order valence-corrected chi connectivity index (χ4v) is 3.95. The van der Waals surface area contributed by atoms with Crippen molar-refractivity contribution in [3.63, 3.8) is 0 Å². The largest absolute Gasteiger partial charge is 0.492 e. The molecule has 3 atom stereocenters. The van der Waals surface area contributed by atoms with Gasteiger partial charge in [-0.25, -0.2) is 4.79 Å². The number of ether oxygens (including phenoxy) is 1.